The molecule has 0 atom stereocenters. The number of hydrogen-bond donors (Lipinski definition) is 1. The molecule has 1 aliphatic rings. The van der Waals surface area contributed by atoms with Crippen LogP contribution in [0.3, 0.4) is 0 Å². The van der Waals surface area contributed by atoms with Gasteiger partial charge in [-0.1, -0.05) is 0 Å². The van der Waals surface area contributed by atoms with Gasteiger partial charge in [0.05, 0.1) is 11.9 Å². The minimum Gasteiger partial charge on any atom is -0.310 e. The Morgan fingerprint density at radius 3 is 3.00 bits per heavy atom. The molecule has 0 unspecified atom stereocenters. The van der Waals surface area contributed by atoms with E-state index in [0.717, 1.165) is 36.5 Å². The van der Waals surface area contributed by atoms with Crippen LogP contribution in [-0.4, -0.2) is 19.7 Å². The highest BCUT2D eigenvalue weighted by molar-refractivity contribution is 5.56. The Bertz CT molecular complexity index is 595. The highest BCUT2D eigenvalue weighted by Gasteiger charge is 2.26. The number of aromatic nitrogens is 4. The SMILES string of the molecule is CCn1cc(-c2cc(=O)[nH]c(C3CC3)n2)cn1. The molecule has 0 amide bonds. The Hall–Kier alpha value is -1.91. The zero-order valence-electron chi connectivity index (χ0n) is 9.68. The van der Waals surface area contributed by atoms with Crippen LogP contribution >= 0.6 is 0 Å². The van der Waals surface area contributed by atoms with Gasteiger partial charge in [-0.2, -0.15) is 5.10 Å². The molecule has 5 heteroatoms. The molecule has 2 aromatic rings. The lowest BCUT2D eigenvalue weighted by Gasteiger charge is -2.00. The van der Waals surface area contributed by atoms with E-state index in [-0.39, 0.29) is 5.56 Å². The van der Waals surface area contributed by atoms with Crippen molar-refractivity contribution in [2.24, 2.45) is 0 Å². The lowest BCUT2D eigenvalue weighted by Crippen LogP contribution is -2.10. The number of aryl methyl sites for hydroxylation is 1. The molecule has 17 heavy (non-hydrogen) atoms. The van der Waals surface area contributed by atoms with Gasteiger partial charge in [0, 0.05) is 30.3 Å². The van der Waals surface area contributed by atoms with Gasteiger partial charge < -0.3 is 4.98 Å². The van der Waals surface area contributed by atoms with Gasteiger partial charge in [0.25, 0.3) is 5.56 Å². The molecule has 1 N–H and O–H groups in total. The van der Waals surface area contributed by atoms with Crippen molar-refractivity contribution in [3.05, 3.63) is 34.6 Å². The number of nitrogens with zero attached hydrogens (tertiary/aromatic N) is 3. The quantitative estimate of drug-likeness (QED) is 0.869. The number of H-pyrrole nitrogens is 1. The van der Waals surface area contributed by atoms with Gasteiger partial charge >= 0.3 is 0 Å². The zero-order valence-corrected chi connectivity index (χ0v) is 9.68. The van der Waals surface area contributed by atoms with Crippen LogP contribution in [0.25, 0.3) is 11.3 Å². The fraction of sp³-hybridized carbons (Fsp3) is 0.417. The fourth-order valence-electron chi connectivity index (χ4n) is 1.84. The van der Waals surface area contributed by atoms with Crippen LogP contribution in [0, 0.1) is 0 Å². The third kappa shape index (κ3) is 2.00. The van der Waals surface area contributed by atoms with Gasteiger partial charge in [0.1, 0.15) is 5.82 Å². The minimum absolute atomic E-state index is 0.0823. The van der Waals surface area contributed by atoms with Crippen molar-refractivity contribution in [3.63, 3.8) is 0 Å². The van der Waals surface area contributed by atoms with E-state index in [0.29, 0.717) is 5.92 Å². The Labute approximate surface area is 98.5 Å². The summed E-state index contributed by atoms with van der Waals surface area (Å²) < 4.78 is 1.83. The number of hydrogen-bond acceptors (Lipinski definition) is 3. The van der Waals surface area contributed by atoms with E-state index in [1.807, 2.05) is 17.8 Å². The third-order valence-electron chi connectivity index (χ3n) is 2.98. The van der Waals surface area contributed by atoms with E-state index in [9.17, 15) is 4.79 Å². The molecule has 3 rings (SSSR count). The van der Waals surface area contributed by atoms with Crippen LogP contribution in [-0.2, 0) is 6.54 Å². The molecule has 0 radical (unpaired) electrons. The number of nitrogens with one attached hydrogen (secondary N) is 1. The molecule has 1 aliphatic carbocycles. The first-order valence-electron chi connectivity index (χ1n) is 5.90. The molecular weight excluding hydrogens is 216 g/mol. The highest BCUT2D eigenvalue weighted by atomic mass is 16.1. The molecule has 88 valence electrons. The standard InChI is InChI=1S/C12H14N4O/c1-2-16-7-9(6-13-16)10-5-11(17)15-12(14-10)8-3-4-8/h5-8H,2-4H2,1H3,(H,14,15,17). The van der Waals surface area contributed by atoms with E-state index >= 15 is 0 Å². The third-order valence-corrected chi connectivity index (χ3v) is 2.98. The monoisotopic (exact) mass is 230 g/mol. The summed E-state index contributed by atoms with van der Waals surface area (Å²) >= 11 is 0. The minimum atomic E-state index is -0.0823. The number of rotatable bonds is 3. The zero-order chi connectivity index (χ0) is 11.8. The topological polar surface area (TPSA) is 63.6 Å². The maximum absolute atomic E-state index is 11.6. The van der Waals surface area contributed by atoms with E-state index in [1.54, 1.807) is 6.20 Å². The Kier molecular flexibility index (Phi) is 2.31. The second-order valence-electron chi connectivity index (χ2n) is 4.37. The molecule has 2 aromatic heterocycles. The van der Waals surface area contributed by atoms with Gasteiger partial charge in [-0.3, -0.25) is 9.48 Å². The van der Waals surface area contributed by atoms with E-state index in [2.05, 4.69) is 15.1 Å². The lowest BCUT2D eigenvalue weighted by molar-refractivity contribution is 0.660. The van der Waals surface area contributed by atoms with Gasteiger partial charge in [0.2, 0.25) is 0 Å². The van der Waals surface area contributed by atoms with E-state index in [4.69, 9.17) is 0 Å². The summed E-state index contributed by atoms with van der Waals surface area (Å²) in [5, 5.41) is 4.20. The van der Waals surface area contributed by atoms with Crippen LogP contribution in [0.5, 0.6) is 0 Å². The summed E-state index contributed by atoms with van der Waals surface area (Å²) in [6.07, 6.45) is 5.92. The van der Waals surface area contributed by atoms with Crippen molar-refractivity contribution in [2.45, 2.75) is 32.2 Å². The smallest absolute Gasteiger partial charge is 0.251 e. The molecule has 5 nitrogen and oxygen atoms in total. The second kappa shape index (κ2) is 3.84. The first-order chi connectivity index (χ1) is 8.26. The molecule has 0 saturated heterocycles. The average Bonchev–Trinajstić information content (AvgIpc) is 3.06. The average molecular weight is 230 g/mol. The summed E-state index contributed by atoms with van der Waals surface area (Å²) in [7, 11) is 0. The van der Waals surface area contributed by atoms with Crippen molar-refractivity contribution >= 4 is 0 Å². The molecule has 2 heterocycles. The molecule has 0 aliphatic heterocycles. The summed E-state index contributed by atoms with van der Waals surface area (Å²) in [6.45, 7) is 2.84. The number of aromatic amines is 1. The van der Waals surface area contributed by atoms with Gasteiger partial charge in [-0.05, 0) is 19.8 Å². The van der Waals surface area contributed by atoms with Crippen molar-refractivity contribution in [2.75, 3.05) is 0 Å². The summed E-state index contributed by atoms with van der Waals surface area (Å²) in [4.78, 5) is 18.9. The molecule has 1 saturated carbocycles. The van der Waals surface area contributed by atoms with Crippen molar-refractivity contribution in [1.82, 2.24) is 19.7 Å². The Morgan fingerprint density at radius 1 is 1.53 bits per heavy atom. The van der Waals surface area contributed by atoms with Gasteiger partial charge in [-0.15, -0.1) is 0 Å². The van der Waals surface area contributed by atoms with Crippen LogP contribution in [0.2, 0.25) is 0 Å². The second-order valence-corrected chi connectivity index (χ2v) is 4.37. The lowest BCUT2D eigenvalue weighted by atomic mass is 10.2. The van der Waals surface area contributed by atoms with Gasteiger partial charge in [0.15, 0.2) is 0 Å². The van der Waals surface area contributed by atoms with Crippen LogP contribution < -0.4 is 5.56 Å². The maximum Gasteiger partial charge on any atom is 0.251 e. The summed E-state index contributed by atoms with van der Waals surface area (Å²) in [5.74, 6) is 1.26. The first kappa shape index (κ1) is 10.3. The van der Waals surface area contributed by atoms with Gasteiger partial charge in [-0.25, -0.2) is 4.98 Å². The summed E-state index contributed by atoms with van der Waals surface area (Å²) in [5.41, 5.74) is 1.54. The fourth-order valence-corrected chi connectivity index (χ4v) is 1.84. The van der Waals surface area contributed by atoms with E-state index < -0.39 is 0 Å². The Balaban J connectivity index is 2.04. The van der Waals surface area contributed by atoms with Crippen molar-refractivity contribution in [3.8, 4) is 11.3 Å². The van der Waals surface area contributed by atoms with Crippen LogP contribution in [0.15, 0.2) is 23.3 Å². The van der Waals surface area contributed by atoms with Crippen LogP contribution in [0.1, 0.15) is 31.5 Å². The summed E-state index contributed by atoms with van der Waals surface area (Å²) in [6, 6.07) is 1.53. The molecule has 0 spiro atoms. The molecule has 0 bridgehead atoms. The van der Waals surface area contributed by atoms with Crippen molar-refractivity contribution < 1.29 is 0 Å². The Morgan fingerprint density at radius 2 is 2.35 bits per heavy atom. The predicted molar refractivity (Wildman–Crippen MR) is 63.7 cm³/mol. The highest BCUT2D eigenvalue weighted by Crippen LogP contribution is 2.37. The molecular formula is C12H14N4O. The van der Waals surface area contributed by atoms with Crippen LogP contribution in [0.4, 0.5) is 0 Å². The maximum atomic E-state index is 11.6. The van der Waals surface area contributed by atoms with E-state index in [1.165, 1.54) is 6.07 Å². The molecule has 1 fully saturated rings. The first-order valence-corrected chi connectivity index (χ1v) is 5.90. The largest absolute Gasteiger partial charge is 0.310 e. The van der Waals surface area contributed by atoms with Crippen molar-refractivity contribution in [1.29, 1.82) is 0 Å². The normalized spacial score (nSPS) is 15.1. The predicted octanol–water partition coefficient (Wildman–Crippen LogP) is 1.53. The molecule has 0 aromatic carbocycles.